The highest BCUT2D eigenvalue weighted by Crippen LogP contribution is 2.35. The number of aromatic nitrogens is 4. The van der Waals surface area contributed by atoms with Gasteiger partial charge in [-0.15, -0.1) is 0 Å². The van der Waals surface area contributed by atoms with E-state index in [1.165, 1.54) is 11.8 Å². The molecule has 0 unspecified atom stereocenters. The molecule has 1 aliphatic rings. The molecule has 176 valence electrons. The van der Waals surface area contributed by atoms with E-state index < -0.39 is 0 Å². The van der Waals surface area contributed by atoms with E-state index in [-0.39, 0.29) is 12.4 Å². The third-order valence-corrected chi connectivity index (χ3v) is 6.33. The normalized spacial score (nSPS) is 12.4. The Balaban J connectivity index is 1.40. The highest BCUT2D eigenvalue weighted by atomic mass is 32.2. The Morgan fingerprint density at radius 3 is 2.65 bits per heavy atom. The molecule has 3 heterocycles. The van der Waals surface area contributed by atoms with Crippen LogP contribution in [0.3, 0.4) is 0 Å². The predicted octanol–water partition coefficient (Wildman–Crippen LogP) is 4.67. The molecule has 5 rings (SSSR count). The summed E-state index contributed by atoms with van der Waals surface area (Å²) in [5, 5.41) is 5.21. The maximum absolute atomic E-state index is 13.3. The maximum atomic E-state index is 13.3. The molecule has 0 fully saturated rings. The summed E-state index contributed by atoms with van der Waals surface area (Å²) >= 11 is 1.39. The monoisotopic (exact) mass is 480 g/mol. The average Bonchev–Trinajstić information content (AvgIpc) is 3.51. The van der Waals surface area contributed by atoms with Crippen molar-refractivity contribution in [2.45, 2.75) is 44.1 Å². The zero-order valence-corrected chi connectivity index (χ0v) is 19.8. The number of hydrogen-bond donors (Lipinski definition) is 0. The van der Waals surface area contributed by atoms with Crippen LogP contribution >= 0.6 is 11.8 Å². The molecule has 9 nitrogen and oxygen atoms in total. The first-order chi connectivity index (χ1) is 16.7. The van der Waals surface area contributed by atoms with Crippen LogP contribution in [0.2, 0.25) is 0 Å². The Hall–Kier alpha value is -3.53. The van der Waals surface area contributed by atoms with E-state index in [0.29, 0.717) is 58.2 Å². The number of rotatable bonds is 9. The van der Waals surface area contributed by atoms with E-state index in [1.807, 2.05) is 31.2 Å². The predicted molar refractivity (Wildman–Crippen MR) is 127 cm³/mol. The average molecular weight is 481 g/mol. The summed E-state index contributed by atoms with van der Waals surface area (Å²) in [5.41, 5.74) is 1.31. The van der Waals surface area contributed by atoms with Gasteiger partial charge in [-0.05, 0) is 43.7 Å². The zero-order valence-electron chi connectivity index (χ0n) is 18.9. The quantitative estimate of drug-likeness (QED) is 0.250. The van der Waals surface area contributed by atoms with Crippen LogP contribution in [0.5, 0.6) is 17.2 Å². The molecule has 0 radical (unpaired) electrons. The Kier molecular flexibility index (Phi) is 6.39. The smallest absolute Gasteiger partial charge is 0.262 e. The molecule has 0 spiro atoms. The molecule has 4 aromatic rings. The second-order valence-electron chi connectivity index (χ2n) is 7.69. The van der Waals surface area contributed by atoms with Crippen molar-refractivity contribution < 1.29 is 18.7 Å². The molecule has 0 amide bonds. The van der Waals surface area contributed by atoms with Crippen LogP contribution in [0.15, 0.2) is 50.9 Å². The number of ether oxygens (including phenoxy) is 3. The standard InChI is InChI=1S/C24H24N4O5S/c1-3-5-10-28-23(29)17-11-19-20(32-14-31-19)12-18(17)25-24(28)34-13-21-26-22(27-33-21)15-6-8-16(9-7-15)30-4-2/h6-9,11-12H,3-5,10,13-14H2,1-2H3. The number of nitrogens with zero attached hydrogens (tertiary/aromatic N) is 4. The number of benzene rings is 2. The molecule has 0 aliphatic carbocycles. The Morgan fingerprint density at radius 2 is 1.88 bits per heavy atom. The van der Waals surface area contributed by atoms with E-state index in [9.17, 15) is 4.79 Å². The Morgan fingerprint density at radius 1 is 1.09 bits per heavy atom. The minimum absolute atomic E-state index is 0.0974. The van der Waals surface area contributed by atoms with Crippen molar-refractivity contribution in [1.82, 2.24) is 19.7 Å². The van der Waals surface area contributed by atoms with Crippen LogP contribution < -0.4 is 19.8 Å². The lowest BCUT2D eigenvalue weighted by molar-refractivity contribution is 0.174. The summed E-state index contributed by atoms with van der Waals surface area (Å²) in [6, 6.07) is 11.0. The van der Waals surface area contributed by atoms with Crippen molar-refractivity contribution in [2.24, 2.45) is 0 Å². The fourth-order valence-electron chi connectivity index (χ4n) is 3.64. The maximum Gasteiger partial charge on any atom is 0.262 e. The molecule has 0 saturated heterocycles. The number of unbranched alkanes of at least 4 members (excludes halogenated alkanes) is 1. The van der Waals surface area contributed by atoms with Gasteiger partial charge in [0.05, 0.1) is 23.3 Å². The summed E-state index contributed by atoms with van der Waals surface area (Å²) in [6.45, 7) is 5.36. The van der Waals surface area contributed by atoms with Crippen molar-refractivity contribution in [3.05, 3.63) is 52.6 Å². The lowest BCUT2D eigenvalue weighted by atomic mass is 10.2. The van der Waals surface area contributed by atoms with E-state index in [4.69, 9.17) is 23.7 Å². The van der Waals surface area contributed by atoms with Gasteiger partial charge in [-0.1, -0.05) is 30.3 Å². The summed E-state index contributed by atoms with van der Waals surface area (Å²) in [7, 11) is 0. The molecule has 34 heavy (non-hydrogen) atoms. The number of thioether (sulfide) groups is 1. The Labute approximate surface area is 200 Å². The van der Waals surface area contributed by atoms with Crippen molar-refractivity contribution in [3.63, 3.8) is 0 Å². The van der Waals surface area contributed by atoms with Crippen LogP contribution in [0.4, 0.5) is 0 Å². The molecule has 1 aliphatic heterocycles. The molecule has 2 aromatic heterocycles. The van der Waals surface area contributed by atoms with E-state index in [2.05, 4.69) is 17.1 Å². The summed E-state index contributed by atoms with van der Waals surface area (Å²) in [4.78, 5) is 22.5. The van der Waals surface area contributed by atoms with Crippen LogP contribution in [0.1, 0.15) is 32.6 Å². The van der Waals surface area contributed by atoms with Crippen molar-refractivity contribution >= 4 is 22.7 Å². The Bertz CT molecular complexity index is 1370. The first kappa shape index (κ1) is 22.3. The van der Waals surface area contributed by atoms with Gasteiger partial charge >= 0.3 is 0 Å². The van der Waals surface area contributed by atoms with E-state index in [1.54, 1.807) is 16.7 Å². The number of fused-ring (bicyclic) bond motifs is 2. The molecule has 2 aromatic carbocycles. The van der Waals surface area contributed by atoms with Gasteiger partial charge in [0.1, 0.15) is 5.75 Å². The minimum Gasteiger partial charge on any atom is -0.494 e. The van der Waals surface area contributed by atoms with Gasteiger partial charge < -0.3 is 18.7 Å². The zero-order chi connectivity index (χ0) is 23.5. The van der Waals surface area contributed by atoms with Crippen molar-refractivity contribution in [2.75, 3.05) is 13.4 Å². The van der Waals surface area contributed by atoms with Gasteiger partial charge in [-0.25, -0.2) is 4.98 Å². The second-order valence-corrected chi connectivity index (χ2v) is 8.63. The van der Waals surface area contributed by atoms with Gasteiger partial charge in [0.15, 0.2) is 16.7 Å². The van der Waals surface area contributed by atoms with Gasteiger partial charge in [0.2, 0.25) is 18.5 Å². The van der Waals surface area contributed by atoms with Crippen LogP contribution in [0, 0.1) is 0 Å². The summed E-state index contributed by atoms with van der Waals surface area (Å²) < 4.78 is 23.5. The van der Waals surface area contributed by atoms with Crippen LogP contribution in [0.25, 0.3) is 22.3 Å². The minimum atomic E-state index is -0.0974. The van der Waals surface area contributed by atoms with Crippen LogP contribution in [-0.2, 0) is 12.3 Å². The molecule has 0 atom stereocenters. The third-order valence-electron chi connectivity index (χ3n) is 5.37. The number of hydrogen-bond acceptors (Lipinski definition) is 9. The lowest BCUT2D eigenvalue weighted by Gasteiger charge is -2.12. The topological polar surface area (TPSA) is 102 Å². The van der Waals surface area contributed by atoms with Gasteiger partial charge in [0, 0.05) is 18.2 Å². The first-order valence-electron chi connectivity index (χ1n) is 11.2. The third kappa shape index (κ3) is 4.45. The lowest BCUT2D eigenvalue weighted by Crippen LogP contribution is -2.23. The SMILES string of the molecule is CCCCn1c(SCc2nc(-c3ccc(OCC)cc3)no2)nc2cc3c(cc2c1=O)OCO3. The largest absolute Gasteiger partial charge is 0.494 e. The molecular formula is C24H24N4O5S. The molecule has 0 bridgehead atoms. The fraction of sp³-hybridized carbons (Fsp3) is 0.333. The van der Waals surface area contributed by atoms with Crippen molar-refractivity contribution in [1.29, 1.82) is 0 Å². The molecule has 10 heteroatoms. The highest BCUT2D eigenvalue weighted by molar-refractivity contribution is 7.98. The molecule has 0 N–H and O–H groups in total. The highest BCUT2D eigenvalue weighted by Gasteiger charge is 2.20. The van der Waals surface area contributed by atoms with Gasteiger partial charge in [-0.3, -0.25) is 9.36 Å². The molecule has 0 saturated carbocycles. The first-order valence-corrected chi connectivity index (χ1v) is 12.2. The fourth-order valence-corrected chi connectivity index (χ4v) is 4.50. The summed E-state index contributed by atoms with van der Waals surface area (Å²) in [6.07, 6.45) is 1.83. The van der Waals surface area contributed by atoms with Crippen molar-refractivity contribution in [3.8, 4) is 28.6 Å². The molecular weight excluding hydrogens is 456 g/mol. The van der Waals surface area contributed by atoms with Crippen LogP contribution in [-0.4, -0.2) is 33.1 Å². The van der Waals surface area contributed by atoms with E-state index in [0.717, 1.165) is 24.2 Å². The van der Waals surface area contributed by atoms with E-state index >= 15 is 0 Å². The van der Waals surface area contributed by atoms with Gasteiger partial charge in [-0.2, -0.15) is 4.98 Å². The summed E-state index contributed by atoms with van der Waals surface area (Å²) in [5.74, 6) is 3.30. The van der Waals surface area contributed by atoms with Gasteiger partial charge in [0.25, 0.3) is 5.56 Å². The second kappa shape index (κ2) is 9.76.